The molecule has 3 heteroatoms. The molecule has 2 heterocycles. The van der Waals surface area contributed by atoms with Gasteiger partial charge >= 0.3 is 0 Å². The van der Waals surface area contributed by atoms with Crippen molar-refractivity contribution in [3.05, 3.63) is 94.1 Å². The minimum absolute atomic E-state index is 0.0853. The monoisotopic (exact) mass is 488 g/mol. The van der Waals surface area contributed by atoms with Gasteiger partial charge in [-0.2, -0.15) is 0 Å². The van der Waals surface area contributed by atoms with Crippen molar-refractivity contribution >= 4 is 37.7 Å². The summed E-state index contributed by atoms with van der Waals surface area (Å²) in [7, 11) is 0. The molecule has 0 aliphatic rings. The van der Waals surface area contributed by atoms with Crippen molar-refractivity contribution in [2.75, 3.05) is 0 Å². The van der Waals surface area contributed by atoms with Crippen LogP contribution in [0.4, 0.5) is 0 Å². The molecule has 0 N–H and O–H groups in total. The molecule has 0 spiro atoms. The number of fused-ring (bicyclic) bond motifs is 3. The lowest BCUT2D eigenvalue weighted by Crippen LogP contribution is -2.10. The number of rotatable bonds is 2. The second-order valence-corrected chi connectivity index (χ2v) is 10.0. The predicted molar refractivity (Wildman–Crippen MR) is 140 cm³/mol. The predicted octanol–water partition coefficient (Wildman–Crippen LogP) is 8.52. The molecule has 32 heavy (non-hydrogen) atoms. The van der Waals surface area contributed by atoms with Gasteiger partial charge < -0.3 is 0 Å². The summed E-state index contributed by atoms with van der Waals surface area (Å²) >= 11 is 3.55. The van der Waals surface area contributed by atoms with Crippen molar-refractivity contribution < 1.29 is 8.22 Å². The topological polar surface area (TPSA) is 17.8 Å². The van der Waals surface area contributed by atoms with E-state index in [0.29, 0.717) is 5.56 Å². The molecule has 0 saturated heterocycles. The molecule has 3 aromatic carbocycles. The van der Waals surface area contributed by atoms with Crippen molar-refractivity contribution in [2.45, 2.75) is 39.9 Å². The van der Waals surface area contributed by atoms with Crippen molar-refractivity contribution in [1.29, 1.82) is 0 Å². The molecular formula is C29H27BrN2. The average molecular weight is 489 g/mol. The molecule has 0 aliphatic heterocycles. The molecule has 160 valence electrons. The first kappa shape index (κ1) is 15.0. The molecule has 2 aromatic heterocycles. The van der Waals surface area contributed by atoms with E-state index in [2.05, 4.69) is 41.7 Å². The lowest BCUT2D eigenvalue weighted by molar-refractivity contribution is 0.590. The van der Waals surface area contributed by atoms with E-state index < -0.39 is 13.7 Å². The molecule has 0 radical (unpaired) electrons. The van der Waals surface area contributed by atoms with Crippen LogP contribution in [0, 0.1) is 13.7 Å². The zero-order valence-corrected chi connectivity index (χ0v) is 19.8. The molecule has 0 atom stereocenters. The molecule has 5 rings (SSSR count). The highest BCUT2D eigenvalue weighted by Gasteiger charge is 2.19. The third kappa shape index (κ3) is 3.36. The second-order valence-electron chi connectivity index (χ2n) is 9.09. The van der Waals surface area contributed by atoms with Crippen molar-refractivity contribution in [2.24, 2.45) is 0 Å². The van der Waals surface area contributed by atoms with E-state index in [1.54, 1.807) is 0 Å². The number of halogens is 1. The van der Waals surface area contributed by atoms with Gasteiger partial charge in [0.15, 0.2) is 0 Å². The summed E-state index contributed by atoms with van der Waals surface area (Å²) in [6.45, 7) is 1.07. The van der Waals surface area contributed by atoms with E-state index in [1.165, 1.54) is 6.20 Å². The second kappa shape index (κ2) is 7.60. The van der Waals surface area contributed by atoms with Crippen LogP contribution in [0.3, 0.4) is 0 Å². The molecule has 0 fully saturated rings. The van der Waals surface area contributed by atoms with Gasteiger partial charge in [0.25, 0.3) is 0 Å². The van der Waals surface area contributed by atoms with Gasteiger partial charge in [0.05, 0.1) is 11.0 Å². The van der Waals surface area contributed by atoms with Crippen molar-refractivity contribution in [3.8, 4) is 16.9 Å². The molecular weight excluding hydrogens is 456 g/mol. The molecule has 0 bridgehead atoms. The van der Waals surface area contributed by atoms with Crippen LogP contribution in [0.5, 0.6) is 0 Å². The number of hydrogen-bond acceptors (Lipinski definition) is 1. The third-order valence-corrected chi connectivity index (χ3v) is 6.44. The Kier molecular flexibility index (Phi) is 3.57. The van der Waals surface area contributed by atoms with Crippen LogP contribution in [0.2, 0.25) is 0 Å². The first-order valence-corrected chi connectivity index (χ1v) is 11.3. The van der Waals surface area contributed by atoms with Gasteiger partial charge in [-0.25, -0.2) is 4.98 Å². The Morgan fingerprint density at radius 1 is 0.875 bits per heavy atom. The number of aryl methyl sites for hydroxylation is 1. The minimum Gasteiger partial charge on any atom is -0.294 e. The maximum atomic E-state index is 8.59. The van der Waals surface area contributed by atoms with Crippen molar-refractivity contribution in [1.82, 2.24) is 9.55 Å². The Balaban J connectivity index is 1.94. The Bertz CT molecular complexity index is 1670. The normalized spacial score (nSPS) is 15.6. The smallest absolute Gasteiger partial charge is 0.141 e. The van der Waals surface area contributed by atoms with Gasteiger partial charge in [-0.15, -0.1) is 0 Å². The highest BCUT2D eigenvalue weighted by molar-refractivity contribution is 9.10. The fourth-order valence-corrected chi connectivity index (χ4v) is 4.63. The first-order valence-electron chi connectivity index (χ1n) is 13.5. The molecule has 0 aliphatic carbocycles. The summed E-state index contributed by atoms with van der Waals surface area (Å²) in [5.41, 5.74) is 3.04. The van der Waals surface area contributed by atoms with E-state index in [4.69, 9.17) is 8.22 Å². The lowest BCUT2D eigenvalue weighted by Gasteiger charge is -2.20. The largest absolute Gasteiger partial charge is 0.294 e. The number of hydrogen-bond donors (Lipinski definition) is 0. The molecule has 5 aromatic rings. The Hall–Kier alpha value is -2.91. The maximum absolute atomic E-state index is 8.59. The highest BCUT2D eigenvalue weighted by Crippen LogP contribution is 2.37. The molecule has 0 amide bonds. The molecule has 0 unspecified atom stereocenters. The number of benzene rings is 3. The standard InChI is InChI=1S/C29H27BrN2/c1-18-17-31-28(19(2)27(18)20-10-12-21(13-11-20)29(3,4)5)32-25-9-7-6-8-23(25)24-15-14-22(30)16-26(24)32/h6-17H,1-5H3/i1D3,2D3. The summed E-state index contributed by atoms with van der Waals surface area (Å²) in [5, 5.41) is 1.89. The van der Waals surface area contributed by atoms with Gasteiger partial charge in [0.2, 0.25) is 0 Å². The lowest BCUT2D eigenvalue weighted by atomic mass is 9.85. The van der Waals surface area contributed by atoms with E-state index in [0.717, 1.165) is 31.8 Å². The van der Waals surface area contributed by atoms with Crippen LogP contribution < -0.4 is 0 Å². The van der Waals surface area contributed by atoms with Crippen LogP contribution in [-0.4, -0.2) is 9.55 Å². The van der Waals surface area contributed by atoms with Gasteiger partial charge in [-0.3, -0.25) is 4.57 Å². The van der Waals surface area contributed by atoms with E-state index in [1.807, 2.05) is 71.3 Å². The quantitative estimate of drug-likeness (QED) is 0.243. The number of aromatic nitrogens is 2. The third-order valence-electron chi connectivity index (χ3n) is 5.95. The number of pyridine rings is 1. The van der Waals surface area contributed by atoms with E-state index in [-0.39, 0.29) is 27.9 Å². The van der Waals surface area contributed by atoms with Gasteiger partial charge in [-0.1, -0.05) is 85.2 Å². The summed E-state index contributed by atoms with van der Waals surface area (Å²) in [5.74, 6) is 0.192. The van der Waals surface area contributed by atoms with Crippen LogP contribution in [0.25, 0.3) is 38.8 Å². The summed E-state index contributed by atoms with van der Waals surface area (Å²) in [6.07, 6.45) is 1.31. The Morgan fingerprint density at radius 2 is 1.62 bits per heavy atom. The Morgan fingerprint density at radius 3 is 2.34 bits per heavy atom. The SMILES string of the molecule is [2H]C([2H])([2H])c1cnc(-n2c3ccccc3c3ccc(Br)cc32)c(C([2H])([2H])[2H])c1-c1ccc(C(C)(C)C)cc1. The zero-order chi connectivity index (χ0) is 27.6. The van der Waals surface area contributed by atoms with Gasteiger partial charge in [0, 0.05) is 35.2 Å². The highest BCUT2D eigenvalue weighted by atomic mass is 79.9. The maximum Gasteiger partial charge on any atom is 0.141 e. The van der Waals surface area contributed by atoms with E-state index in [9.17, 15) is 0 Å². The van der Waals surface area contributed by atoms with Crippen molar-refractivity contribution in [3.63, 3.8) is 0 Å². The summed E-state index contributed by atoms with van der Waals surface area (Å²) < 4.78 is 53.2. The Labute approximate surface area is 206 Å². The molecule has 0 saturated carbocycles. The van der Waals surface area contributed by atoms with Crippen LogP contribution in [-0.2, 0) is 5.41 Å². The average Bonchev–Trinajstić information content (AvgIpc) is 3.14. The van der Waals surface area contributed by atoms with Gasteiger partial charge in [-0.05, 0) is 59.6 Å². The number of para-hydroxylation sites is 1. The summed E-state index contributed by atoms with van der Waals surface area (Å²) in [4.78, 5) is 4.55. The zero-order valence-electron chi connectivity index (χ0n) is 24.2. The van der Waals surface area contributed by atoms with E-state index >= 15 is 0 Å². The summed E-state index contributed by atoms with van der Waals surface area (Å²) in [6, 6.07) is 21.1. The number of nitrogens with zero attached hydrogens (tertiary/aromatic N) is 2. The van der Waals surface area contributed by atoms with Crippen LogP contribution in [0.15, 0.2) is 77.4 Å². The minimum atomic E-state index is -2.65. The fraction of sp³-hybridized carbons (Fsp3) is 0.207. The van der Waals surface area contributed by atoms with Crippen LogP contribution in [0.1, 0.15) is 45.7 Å². The van der Waals surface area contributed by atoms with Gasteiger partial charge in [0.1, 0.15) is 5.82 Å². The first-order chi connectivity index (χ1) is 17.7. The van der Waals surface area contributed by atoms with Crippen LogP contribution >= 0.6 is 15.9 Å². The molecule has 2 nitrogen and oxygen atoms in total. The fourth-order valence-electron chi connectivity index (χ4n) is 4.28.